The van der Waals surface area contributed by atoms with Gasteiger partial charge in [-0.3, -0.25) is 14.9 Å². The maximum Gasteiger partial charge on any atom is 0.317 e. The van der Waals surface area contributed by atoms with Gasteiger partial charge in [0.2, 0.25) is 11.6 Å². The molecule has 0 spiro atoms. The maximum atomic E-state index is 13.3. The van der Waals surface area contributed by atoms with Crippen LogP contribution in [0.25, 0.3) is 0 Å². The van der Waals surface area contributed by atoms with Crippen LogP contribution >= 0.6 is 0 Å². The molecule has 9 heteroatoms. The number of primary amides is 2. The van der Waals surface area contributed by atoms with Gasteiger partial charge in [0.05, 0.1) is 0 Å². The first-order chi connectivity index (χ1) is 16.9. The number of aliphatic hydroxyl groups is 1. The molecule has 0 radical (unpaired) electrons. The minimum Gasteiger partial charge on any atom is -0.368 e. The second kappa shape index (κ2) is 12.0. The number of hydrogen-bond acceptors (Lipinski definition) is 5. The van der Waals surface area contributed by atoms with Crippen LogP contribution in [0.2, 0.25) is 0 Å². The predicted octanol–water partition coefficient (Wildman–Crippen LogP) is 1.79. The van der Waals surface area contributed by atoms with Gasteiger partial charge < -0.3 is 27.2 Å². The van der Waals surface area contributed by atoms with Crippen molar-refractivity contribution in [2.75, 3.05) is 6.54 Å². The molecule has 0 aliphatic carbocycles. The van der Waals surface area contributed by atoms with Crippen LogP contribution in [-0.4, -0.2) is 40.8 Å². The first-order valence-electron chi connectivity index (χ1n) is 12.1. The second-order valence-corrected chi connectivity index (χ2v) is 10.2. The van der Waals surface area contributed by atoms with Crippen LogP contribution in [0.1, 0.15) is 45.2 Å². The summed E-state index contributed by atoms with van der Waals surface area (Å²) in [6, 6.07) is 17.5. The van der Waals surface area contributed by atoms with Gasteiger partial charge in [0.25, 0.3) is 5.91 Å². The molecule has 0 aliphatic heterocycles. The highest BCUT2D eigenvalue weighted by Gasteiger charge is 2.63. The summed E-state index contributed by atoms with van der Waals surface area (Å²) in [6.45, 7) is 7.92. The van der Waals surface area contributed by atoms with E-state index in [9.17, 15) is 19.5 Å². The molecule has 8 N–H and O–H groups in total. The predicted molar refractivity (Wildman–Crippen MR) is 139 cm³/mol. The Morgan fingerprint density at radius 2 is 1.42 bits per heavy atom. The van der Waals surface area contributed by atoms with E-state index in [0.717, 1.165) is 11.1 Å². The lowest BCUT2D eigenvalue weighted by atomic mass is 9.69. The van der Waals surface area contributed by atoms with Crippen molar-refractivity contribution in [1.82, 2.24) is 16.0 Å². The fraction of sp³-hybridized carbons (Fsp3) is 0.444. The molecule has 0 saturated heterocycles. The summed E-state index contributed by atoms with van der Waals surface area (Å²) in [5.41, 5.74) is 8.02. The quantitative estimate of drug-likeness (QED) is 0.246. The zero-order valence-corrected chi connectivity index (χ0v) is 21.5. The van der Waals surface area contributed by atoms with Crippen molar-refractivity contribution in [2.45, 2.75) is 58.3 Å². The van der Waals surface area contributed by atoms with Gasteiger partial charge >= 0.3 is 6.03 Å². The van der Waals surface area contributed by atoms with Gasteiger partial charge in [0.1, 0.15) is 0 Å². The van der Waals surface area contributed by atoms with E-state index < -0.39 is 35.0 Å². The lowest BCUT2D eigenvalue weighted by molar-refractivity contribution is -0.165. The topological polar surface area (TPSA) is 160 Å². The standard InChI is InChI=1S/C27H39N5O4/c1-5-21(16-19-12-8-6-9-13-19)26(22(28)33,31-18-25(2,3)4)27(36,23(29)34)32-24(35)30-17-20-14-10-7-11-15-20/h6-15,21,31,36H,5,16-18H2,1-4H3,(H2,28,33)(H2,29,34)(H2,30,32,35). The van der Waals surface area contributed by atoms with Crippen LogP contribution in [0.4, 0.5) is 4.79 Å². The van der Waals surface area contributed by atoms with Gasteiger partial charge in [0, 0.05) is 13.1 Å². The molecule has 2 aromatic carbocycles. The number of nitrogens with two attached hydrogens (primary N) is 2. The van der Waals surface area contributed by atoms with Crippen molar-refractivity contribution in [3.63, 3.8) is 0 Å². The Morgan fingerprint density at radius 3 is 1.86 bits per heavy atom. The maximum absolute atomic E-state index is 13.3. The second-order valence-electron chi connectivity index (χ2n) is 10.2. The molecular weight excluding hydrogens is 458 g/mol. The Hall–Kier alpha value is -3.43. The highest BCUT2D eigenvalue weighted by Crippen LogP contribution is 2.35. The van der Waals surface area contributed by atoms with E-state index in [0.29, 0.717) is 12.8 Å². The van der Waals surface area contributed by atoms with E-state index in [1.54, 1.807) is 0 Å². The summed E-state index contributed by atoms with van der Waals surface area (Å²) in [7, 11) is 0. The summed E-state index contributed by atoms with van der Waals surface area (Å²) in [5.74, 6) is -3.00. The number of carbonyl (C=O) groups excluding carboxylic acids is 3. The molecule has 0 fully saturated rings. The molecule has 3 unspecified atom stereocenters. The number of nitrogens with one attached hydrogen (secondary N) is 3. The molecule has 0 aromatic heterocycles. The van der Waals surface area contributed by atoms with Crippen molar-refractivity contribution in [3.05, 3.63) is 71.8 Å². The lowest BCUT2D eigenvalue weighted by Crippen LogP contribution is -2.83. The number of carbonyl (C=O) groups is 3. The van der Waals surface area contributed by atoms with Crippen LogP contribution in [0.15, 0.2) is 60.7 Å². The van der Waals surface area contributed by atoms with Gasteiger partial charge in [0.15, 0.2) is 5.54 Å². The third kappa shape index (κ3) is 6.83. The minimum atomic E-state index is -2.83. The van der Waals surface area contributed by atoms with Gasteiger partial charge in [-0.05, 0) is 28.9 Å². The highest BCUT2D eigenvalue weighted by molar-refractivity contribution is 5.99. The van der Waals surface area contributed by atoms with Gasteiger partial charge in [-0.2, -0.15) is 0 Å². The molecular formula is C27H39N5O4. The third-order valence-corrected chi connectivity index (χ3v) is 6.23. The van der Waals surface area contributed by atoms with Crippen LogP contribution in [0.5, 0.6) is 0 Å². The summed E-state index contributed by atoms with van der Waals surface area (Å²) in [4.78, 5) is 39.0. The van der Waals surface area contributed by atoms with E-state index in [4.69, 9.17) is 11.5 Å². The van der Waals surface area contributed by atoms with E-state index in [2.05, 4.69) is 16.0 Å². The molecule has 0 aliphatic rings. The average molecular weight is 498 g/mol. The first-order valence-corrected chi connectivity index (χ1v) is 12.1. The monoisotopic (exact) mass is 497 g/mol. The Morgan fingerprint density at radius 1 is 0.889 bits per heavy atom. The van der Waals surface area contributed by atoms with E-state index >= 15 is 0 Å². The number of benzene rings is 2. The Kier molecular flexibility index (Phi) is 9.61. The molecule has 0 bridgehead atoms. The molecule has 36 heavy (non-hydrogen) atoms. The number of amides is 4. The van der Waals surface area contributed by atoms with Crippen LogP contribution < -0.4 is 27.4 Å². The van der Waals surface area contributed by atoms with Crippen molar-refractivity contribution >= 4 is 17.8 Å². The molecule has 196 valence electrons. The summed E-state index contributed by atoms with van der Waals surface area (Å²) in [6.07, 6.45) is 0.637. The van der Waals surface area contributed by atoms with E-state index in [1.165, 1.54) is 0 Å². The summed E-state index contributed by atoms with van der Waals surface area (Å²) < 4.78 is 0. The average Bonchev–Trinajstić information content (AvgIpc) is 2.82. The third-order valence-electron chi connectivity index (χ3n) is 6.23. The van der Waals surface area contributed by atoms with Crippen molar-refractivity contribution in [1.29, 1.82) is 0 Å². The largest absolute Gasteiger partial charge is 0.368 e. The minimum absolute atomic E-state index is 0.127. The zero-order valence-electron chi connectivity index (χ0n) is 21.5. The Labute approximate surface area is 213 Å². The van der Waals surface area contributed by atoms with Crippen molar-refractivity contribution < 1.29 is 19.5 Å². The number of urea groups is 1. The van der Waals surface area contributed by atoms with Gasteiger partial charge in [-0.15, -0.1) is 0 Å². The molecule has 0 heterocycles. The fourth-order valence-corrected chi connectivity index (χ4v) is 4.28. The summed E-state index contributed by atoms with van der Waals surface area (Å²) in [5, 5.41) is 19.8. The summed E-state index contributed by atoms with van der Waals surface area (Å²) >= 11 is 0. The van der Waals surface area contributed by atoms with Crippen LogP contribution in [0, 0.1) is 11.3 Å². The molecule has 2 aromatic rings. The molecule has 4 amide bonds. The lowest BCUT2D eigenvalue weighted by Gasteiger charge is -2.49. The normalized spacial score (nSPS) is 15.7. The molecule has 3 atom stereocenters. The number of rotatable bonds is 12. The first kappa shape index (κ1) is 28.8. The number of hydrogen-bond donors (Lipinski definition) is 6. The smallest absolute Gasteiger partial charge is 0.317 e. The van der Waals surface area contributed by atoms with Gasteiger partial charge in [-0.1, -0.05) is 94.8 Å². The Bertz CT molecular complexity index is 1030. The van der Waals surface area contributed by atoms with Crippen LogP contribution in [0.3, 0.4) is 0 Å². The van der Waals surface area contributed by atoms with Gasteiger partial charge in [-0.25, -0.2) is 4.79 Å². The molecule has 9 nitrogen and oxygen atoms in total. The van der Waals surface area contributed by atoms with E-state index in [-0.39, 0.29) is 18.5 Å². The van der Waals surface area contributed by atoms with Crippen LogP contribution in [-0.2, 0) is 22.6 Å². The molecule has 0 saturated carbocycles. The molecule has 2 rings (SSSR count). The Balaban J connectivity index is 2.52. The highest BCUT2D eigenvalue weighted by atomic mass is 16.3. The SMILES string of the molecule is CCC(Cc1ccccc1)C(NCC(C)(C)C)(C(N)=O)C(O)(NC(=O)NCc1ccccc1)C(N)=O. The van der Waals surface area contributed by atoms with E-state index in [1.807, 2.05) is 88.4 Å². The van der Waals surface area contributed by atoms with Crippen molar-refractivity contribution in [2.24, 2.45) is 22.8 Å². The zero-order chi connectivity index (χ0) is 27.0. The fourth-order valence-electron chi connectivity index (χ4n) is 4.28. The van der Waals surface area contributed by atoms with Crippen molar-refractivity contribution in [3.8, 4) is 0 Å².